The summed E-state index contributed by atoms with van der Waals surface area (Å²) in [5.41, 5.74) is 4.01. The highest BCUT2D eigenvalue weighted by atomic mass is 35.5. The average molecular weight is 369 g/mol. The third-order valence-electron chi connectivity index (χ3n) is 4.96. The summed E-state index contributed by atoms with van der Waals surface area (Å²) in [5.74, 6) is -0.0356. The lowest BCUT2D eigenvalue weighted by Crippen LogP contribution is -2.35. The van der Waals surface area contributed by atoms with Crippen molar-refractivity contribution in [2.45, 2.75) is 33.1 Å². The van der Waals surface area contributed by atoms with Crippen LogP contribution in [0.25, 0.3) is 16.7 Å². The van der Waals surface area contributed by atoms with Crippen LogP contribution in [0.5, 0.6) is 0 Å². The molecule has 0 saturated carbocycles. The van der Waals surface area contributed by atoms with E-state index in [1.54, 1.807) is 10.9 Å². The Morgan fingerprint density at radius 3 is 2.46 bits per heavy atom. The van der Waals surface area contributed by atoms with E-state index < -0.39 is 0 Å². The van der Waals surface area contributed by atoms with Gasteiger partial charge in [-0.25, -0.2) is 9.67 Å². The van der Waals surface area contributed by atoms with Gasteiger partial charge in [-0.1, -0.05) is 29.3 Å². The zero-order chi connectivity index (χ0) is 18.3. The Kier molecular flexibility index (Phi) is 4.41. The molecular weight excluding hydrogens is 348 g/mol. The number of fused-ring (bicyclic) bond motifs is 1. The topological polar surface area (TPSA) is 51.0 Å². The zero-order valence-electron chi connectivity index (χ0n) is 15.0. The highest BCUT2D eigenvalue weighted by molar-refractivity contribution is 6.38. The molecule has 1 aliphatic rings. The van der Waals surface area contributed by atoms with Crippen molar-refractivity contribution in [3.63, 3.8) is 0 Å². The Labute approximate surface area is 157 Å². The van der Waals surface area contributed by atoms with Gasteiger partial charge in [0, 0.05) is 19.3 Å². The third kappa shape index (κ3) is 2.86. The van der Waals surface area contributed by atoms with E-state index >= 15 is 0 Å². The van der Waals surface area contributed by atoms with Gasteiger partial charge in [0.05, 0.1) is 27.4 Å². The average Bonchev–Trinajstić information content (AvgIpc) is 3.00. The van der Waals surface area contributed by atoms with Crippen LogP contribution < -0.4 is 0 Å². The molecule has 0 bridgehead atoms. The van der Waals surface area contributed by atoms with Crippen LogP contribution in [0.3, 0.4) is 0 Å². The van der Waals surface area contributed by atoms with E-state index in [1.807, 2.05) is 43.0 Å². The number of carbonyl (C=O) groups excluding carboxylic acids is 1. The summed E-state index contributed by atoms with van der Waals surface area (Å²) in [5, 5.41) is 5.80. The Balaban J connectivity index is 1.80. The maximum Gasteiger partial charge on any atom is 0.256 e. The Morgan fingerprint density at radius 1 is 1.08 bits per heavy atom. The summed E-state index contributed by atoms with van der Waals surface area (Å²) in [4.78, 5) is 19.3. The molecule has 26 heavy (non-hydrogen) atoms. The number of amides is 1. The lowest BCUT2D eigenvalue weighted by molar-refractivity contribution is 0.0724. The summed E-state index contributed by atoms with van der Waals surface area (Å²) in [6, 6.07) is 8.08. The summed E-state index contributed by atoms with van der Waals surface area (Å²) in [6.07, 6.45) is 4.86. The van der Waals surface area contributed by atoms with Crippen LogP contribution in [-0.2, 0) is 0 Å². The third-order valence-corrected chi connectivity index (χ3v) is 5.35. The van der Waals surface area contributed by atoms with Crippen LogP contribution in [0, 0.1) is 13.8 Å². The van der Waals surface area contributed by atoms with Crippen molar-refractivity contribution >= 4 is 28.5 Å². The van der Waals surface area contributed by atoms with E-state index in [1.165, 1.54) is 12.0 Å². The number of piperidine rings is 1. The second-order valence-electron chi connectivity index (χ2n) is 6.87. The van der Waals surface area contributed by atoms with Gasteiger partial charge >= 0.3 is 0 Å². The standard InChI is InChI=1S/C20H21ClN4O/c1-13-6-8-15(9-7-13)25-19-17(14(2)23-25)18(21)16(12-22-19)20(26)24-10-4-3-5-11-24/h6-9,12H,3-5,10-11H2,1-2H3. The highest BCUT2D eigenvalue weighted by Gasteiger charge is 2.24. The molecule has 0 atom stereocenters. The predicted octanol–water partition coefficient (Wildman–Crippen LogP) is 4.32. The first kappa shape index (κ1) is 17.0. The number of nitrogens with zero attached hydrogens (tertiary/aromatic N) is 4. The molecule has 1 aliphatic heterocycles. The number of halogens is 1. The number of hydrogen-bond acceptors (Lipinski definition) is 3. The summed E-state index contributed by atoms with van der Waals surface area (Å²) < 4.78 is 1.78. The lowest BCUT2D eigenvalue weighted by Gasteiger charge is -2.27. The van der Waals surface area contributed by atoms with Crippen LogP contribution in [0.1, 0.15) is 40.9 Å². The van der Waals surface area contributed by atoms with Gasteiger partial charge in [0.15, 0.2) is 5.65 Å². The fourth-order valence-electron chi connectivity index (χ4n) is 3.49. The summed E-state index contributed by atoms with van der Waals surface area (Å²) in [6.45, 7) is 5.52. The molecule has 4 rings (SSSR count). The van der Waals surface area contributed by atoms with E-state index in [0.717, 1.165) is 42.7 Å². The Morgan fingerprint density at radius 2 is 1.77 bits per heavy atom. The maximum atomic E-state index is 12.9. The van der Waals surface area contributed by atoms with Crippen molar-refractivity contribution in [2.24, 2.45) is 0 Å². The van der Waals surface area contributed by atoms with E-state index in [-0.39, 0.29) is 5.91 Å². The monoisotopic (exact) mass is 368 g/mol. The smallest absolute Gasteiger partial charge is 0.256 e. The van der Waals surface area contributed by atoms with Gasteiger partial charge in [-0.15, -0.1) is 0 Å². The molecule has 0 aliphatic carbocycles. The van der Waals surface area contributed by atoms with Crippen molar-refractivity contribution in [1.82, 2.24) is 19.7 Å². The van der Waals surface area contributed by atoms with Gasteiger partial charge < -0.3 is 4.90 Å². The minimum Gasteiger partial charge on any atom is -0.339 e. The van der Waals surface area contributed by atoms with Crippen molar-refractivity contribution in [3.8, 4) is 5.69 Å². The van der Waals surface area contributed by atoms with Gasteiger partial charge in [0.25, 0.3) is 5.91 Å². The quantitative estimate of drug-likeness (QED) is 0.677. The van der Waals surface area contributed by atoms with Crippen LogP contribution in [-0.4, -0.2) is 38.7 Å². The number of aromatic nitrogens is 3. The number of pyridine rings is 1. The van der Waals surface area contributed by atoms with Gasteiger partial charge in [-0.3, -0.25) is 4.79 Å². The molecule has 0 unspecified atom stereocenters. The van der Waals surface area contributed by atoms with E-state index in [4.69, 9.17) is 11.6 Å². The first-order chi connectivity index (χ1) is 12.6. The fourth-order valence-corrected chi connectivity index (χ4v) is 3.84. The number of rotatable bonds is 2. The van der Waals surface area contributed by atoms with Crippen LogP contribution in [0.4, 0.5) is 0 Å². The van der Waals surface area contributed by atoms with Gasteiger partial charge in [0.1, 0.15) is 0 Å². The highest BCUT2D eigenvalue weighted by Crippen LogP contribution is 2.31. The molecule has 3 aromatic rings. The number of likely N-dealkylation sites (tertiary alicyclic amines) is 1. The van der Waals surface area contributed by atoms with E-state index in [0.29, 0.717) is 16.2 Å². The SMILES string of the molecule is Cc1ccc(-n2nc(C)c3c(Cl)c(C(=O)N4CCCCC4)cnc32)cc1. The van der Waals surface area contributed by atoms with Gasteiger partial charge in [-0.05, 0) is 45.2 Å². The fraction of sp³-hybridized carbons (Fsp3) is 0.350. The molecule has 134 valence electrons. The minimum absolute atomic E-state index is 0.0356. The summed E-state index contributed by atoms with van der Waals surface area (Å²) >= 11 is 6.65. The molecule has 6 heteroatoms. The van der Waals surface area contributed by atoms with Crippen molar-refractivity contribution in [2.75, 3.05) is 13.1 Å². The van der Waals surface area contributed by atoms with E-state index in [9.17, 15) is 4.79 Å². The molecule has 1 fully saturated rings. The molecular formula is C20H21ClN4O. The van der Waals surface area contributed by atoms with Gasteiger partial charge in [-0.2, -0.15) is 5.10 Å². The lowest BCUT2D eigenvalue weighted by atomic mass is 10.1. The number of hydrogen-bond donors (Lipinski definition) is 0. The van der Waals surface area contributed by atoms with Crippen LogP contribution in [0.2, 0.25) is 5.02 Å². The summed E-state index contributed by atoms with van der Waals surface area (Å²) in [7, 11) is 0. The largest absolute Gasteiger partial charge is 0.339 e. The first-order valence-electron chi connectivity index (χ1n) is 8.96. The van der Waals surface area contributed by atoms with Crippen molar-refractivity contribution in [1.29, 1.82) is 0 Å². The van der Waals surface area contributed by atoms with Crippen LogP contribution >= 0.6 is 11.6 Å². The molecule has 2 aromatic heterocycles. The molecule has 1 saturated heterocycles. The molecule has 1 amide bonds. The molecule has 5 nitrogen and oxygen atoms in total. The normalized spacial score (nSPS) is 14.8. The zero-order valence-corrected chi connectivity index (χ0v) is 15.8. The predicted molar refractivity (Wildman–Crippen MR) is 103 cm³/mol. The first-order valence-corrected chi connectivity index (χ1v) is 9.34. The number of benzene rings is 1. The molecule has 3 heterocycles. The molecule has 0 spiro atoms. The number of aryl methyl sites for hydroxylation is 2. The number of carbonyl (C=O) groups is 1. The van der Waals surface area contributed by atoms with Crippen LogP contribution in [0.15, 0.2) is 30.5 Å². The van der Waals surface area contributed by atoms with Crippen molar-refractivity contribution < 1.29 is 4.79 Å². The second-order valence-corrected chi connectivity index (χ2v) is 7.25. The Hall–Kier alpha value is -2.40. The molecule has 0 N–H and O–H groups in total. The second kappa shape index (κ2) is 6.72. The molecule has 0 radical (unpaired) electrons. The maximum absolute atomic E-state index is 12.9. The van der Waals surface area contributed by atoms with E-state index in [2.05, 4.69) is 10.1 Å². The van der Waals surface area contributed by atoms with Crippen molar-refractivity contribution in [3.05, 3.63) is 52.3 Å². The van der Waals surface area contributed by atoms with Gasteiger partial charge in [0.2, 0.25) is 0 Å². The minimum atomic E-state index is -0.0356. The Bertz CT molecular complexity index is 972. The molecule has 1 aromatic carbocycles.